The van der Waals surface area contributed by atoms with Gasteiger partial charge in [0.2, 0.25) is 0 Å². The van der Waals surface area contributed by atoms with Gasteiger partial charge in [-0.25, -0.2) is 9.37 Å². The quantitative estimate of drug-likeness (QED) is 0.420. The smallest absolute Gasteiger partial charge is 0.259 e. The van der Waals surface area contributed by atoms with E-state index in [0.717, 1.165) is 61.7 Å². The molecule has 0 saturated carbocycles. The minimum absolute atomic E-state index is 0.203. The van der Waals surface area contributed by atoms with Crippen molar-refractivity contribution in [3.05, 3.63) is 83.9 Å². The monoisotopic (exact) mass is 487 g/mol. The van der Waals surface area contributed by atoms with Gasteiger partial charge in [0.1, 0.15) is 17.4 Å². The van der Waals surface area contributed by atoms with Crippen LogP contribution in [0.1, 0.15) is 16.2 Å². The third-order valence-electron chi connectivity index (χ3n) is 6.80. The number of piperazine rings is 1. The Kier molecular flexibility index (Phi) is 6.86. The average Bonchev–Trinajstić information content (AvgIpc) is 3.22. The highest BCUT2D eigenvalue weighted by atomic mass is 19.1. The van der Waals surface area contributed by atoms with E-state index in [-0.39, 0.29) is 11.7 Å². The number of ether oxygens (including phenoxy) is 1. The first kappa shape index (κ1) is 23.8. The number of nitrogens with one attached hydrogen (secondary N) is 1. The number of para-hydroxylation sites is 1. The molecule has 1 amide bonds. The normalized spacial score (nSPS) is 14.2. The molecule has 4 aromatic rings. The van der Waals surface area contributed by atoms with Crippen LogP contribution in [0.5, 0.6) is 5.75 Å². The Bertz CT molecular complexity index is 1360. The van der Waals surface area contributed by atoms with Gasteiger partial charge in [0.05, 0.1) is 23.7 Å². The summed E-state index contributed by atoms with van der Waals surface area (Å²) < 4.78 is 20.6. The molecule has 1 saturated heterocycles. The second-order valence-corrected chi connectivity index (χ2v) is 9.00. The number of hydrogen-bond donors (Lipinski definition) is 1. The molecule has 36 heavy (non-hydrogen) atoms. The molecular formula is C28H30FN5O2. The van der Waals surface area contributed by atoms with Crippen LogP contribution in [0.3, 0.4) is 0 Å². The number of aromatic nitrogens is 2. The molecule has 0 radical (unpaired) electrons. The fraction of sp³-hybridized carbons (Fsp3) is 0.286. The number of halogens is 1. The van der Waals surface area contributed by atoms with Crippen LogP contribution >= 0.6 is 0 Å². The van der Waals surface area contributed by atoms with Gasteiger partial charge in [0, 0.05) is 57.6 Å². The first-order valence-electron chi connectivity index (χ1n) is 12.1. The van der Waals surface area contributed by atoms with Crippen LogP contribution in [0, 0.1) is 5.82 Å². The third-order valence-corrected chi connectivity index (χ3v) is 6.80. The number of methoxy groups -OCH3 is 1. The van der Waals surface area contributed by atoms with Crippen molar-refractivity contribution in [2.24, 2.45) is 7.05 Å². The maximum Gasteiger partial charge on any atom is 0.259 e. The molecule has 0 bridgehead atoms. The fourth-order valence-electron chi connectivity index (χ4n) is 4.72. The van der Waals surface area contributed by atoms with Crippen molar-refractivity contribution >= 4 is 28.3 Å². The summed E-state index contributed by atoms with van der Waals surface area (Å²) in [6.07, 6.45) is 0.838. The molecule has 1 fully saturated rings. The van der Waals surface area contributed by atoms with Gasteiger partial charge >= 0.3 is 0 Å². The Morgan fingerprint density at radius 2 is 1.78 bits per heavy atom. The van der Waals surface area contributed by atoms with E-state index >= 15 is 0 Å². The number of hydrogen-bond acceptors (Lipinski definition) is 5. The number of amides is 1. The molecule has 0 unspecified atom stereocenters. The van der Waals surface area contributed by atoms with Crippen LogP contribution in [-0.2, 0) is 13.5 Å². The Morgan fingerprint density at radius 3 is 2.53 bits per heavy atom. The molecule has 1 aromatic heterocycles. The van der Waals surface area contributed by atoms with Gasteiger partial charge < -0.3 is 19.5 Å². The summed E-state index contributed by atoms with van der Waals surface area (Å²) in [5, 5.41) is 2.96. The number of fused-ring (bicyclic) bond motifs is 1. The van der Waals surface area contributed by atoms with Gasteiger partial charge in [0.15, 0.2) is 0 Å². The molecule has 1 N–H and O–H groups in total. The molecule has 8 heteroatoms. The Morgan fingerprint density at radius 1 is 1.03 bits per heavy atom. The highest BCUT2D eigenvalue weighted by Gasteiger charge is 2.18. The third kappa shape index (κ3) is 5.04. The molecule has 0 aliphatic carbocycles. The van der Waals surface area contributed by atoms with E-state index in [1.54, 1.807) is 19.2 Å². The maximum atomic E-state index is 13.2. The number of imidazole rings is 1. The number of benzene rings is 3. The summed E-state index contributed by atoms with van der Waals surface area (Å²) in [4.78, 5) is 22.4. The van der Waals surface area contributed by atoms with Gasteiger partial charge in [0.25, 0.3) is 5.91 Å². The number of carbonyl (C=O) groups is 1. The second kappa shape index (κ2) is 10.4. The standard InChI is InChI=1S/C28H30FN5O2/c1-32-25-12-9-21(30-28(35)23-5-3-4-6-26(23)36-2)19-24(25)31-27(32)13-14-33-15-17-34(18-16-33)22-10-7-20(29)8-11-22/h3-12,19H,13-18H2,1-2H3,(H,30,35). The second-order valence-electron chi connectivity index (χ2n) is 9.00. The van der Waals surface area contributed by atoms with Crippen molar-refractivity contribution in [3.63, 3.8) is 0 Å². The predicted molar refractivity (Wildman–Crippen MR) is 140 cm³/mol. The summed E-state index contributed by atoms with van der Waals surface area (Å²) in [5.41, 5.74) is 4.13. The molecule has 0 atom stereocenters. The molecule has 0 spiro atoms. The van der Waals surface area contributed by atoms with E-state index in [1.165, 1.54) is 12.1 Å². The van der Waals surface area contributed by atoms with E-state index in [0.29, 0.717) is 17.0 Å². The van der Waals surface area contributed by atoms with Crippen LogP contribution in [0.15, 0.2) is 66.7 Å². The number of nitrogens with zero attached hydrogens (tertiary/aromatic N) is 4. The first-order chi connectivity index (χ1) is 17.5. The lowest BCUT2D eigenvalue weighted by molar-refractivity contribution is 0.102. The molecule has 7 nitrogen and oxygen atoms in total. The lowest BCUT2D eigenvalue weighted by Gasteiger charge is -2.36. The SMILES string of the molecule is COc1ccccc1C(=O)Nc1ccc2c(c1)nc(CCN1CCN(c3ccc(F)cc3)CC1)n2C. The van der Waals surface area contributed by atoms with Crippen LogP contribution in [0.4, 0.5) is 15.8 Å². The van der Waals surface area contributed by atoms with Gasteiger partial charge in [-0.05, 0) is 54.6 Å². The van der Waals surface area contributed by atoms with Crippen molar-refractivity contribution in [2.45, 2.75) is 6.42 Å². The van der Waals surface area contributed by atoms with Crippen LogP contribution in [-0.4, -0.2) is 60.2 Å². The molecule has 2 heterocycles. The summed E-state index contributed by atoms with van der Waals surface area (Å²) in [7, 11) is 3.59. The van der Waals surface area contributed by atoms with E-state index in [2.05, 4.69) is 19.7 Å². The number of aryl methyl sites for hydroxylation is 1. The van der Waals surface area contributed by atoms with Crippen molar-refractivity contribution in [2.75, 3.05) is 50.1 Å². The molecule has 5 rings (SSSR count). The average molecular weight is 488 g/mol. The van der Waals surface area contributed by atoms with Gasteiger partial charge in [-0.2, -0.15) is 0 Å². The number of rotatable bonds is 7. The summed E-state index contributed by atoms with van der Waals surface area (Å²) in [5.74, 6) is 1.13. The predicted octanol–water partition coefficient (Wildman–Crippen LogP) is 4.34. The molecule has 3 aromatic carbocycles. The van der Waals surface area contributed by atoms with E-state index in [9.17, 15) is 9.18 Å². The maximum absolute atomic E-state index is 13.2. The molecular weight excluding hydrogens is 457 g/mol. The zero-order valence-corrected chi connectivity index (χ0v) is 20.6. The fourth-order valence-corrected chi connectivity index (χ4v) is 4.72. The first-order valence-corrected chi connectivity index (χ1v) is 12.1. The van der Waals surface area contributed by atoms with Gasteiger partial charge in [-0.15, -0.1) is 0 Å². The topological polar surface area (TPSA) is 62.6 Å². The van der Waals surface area contributed by atoms with Crippen LogP contribution in [0.25, 0.3) is 11.0 Å². The zero-order chi connectivity index (χ0) is 25.1. The molecule has 1 aliphatic heterocycles. The minimum atomic E-state index is -0.220. The van der Waals surface area contributed by atoms with Crippen molar-refractivity contribution in [1.82, 2.24) is 14.5 Å². The lowest BCUT2D eigenvalue weighted by atomic mass is 10.2. The van der Waals surface area contributed by atoms with Gasteiger partial charge in [-0.1, -0.05) is 12.1 Å². The Balaban J connectivity index is 1.20. The molecule has 186 valence electrons. The Labute approximate surface area is 210 Å². The van der Waals surface area contributed by atoms with Crippen molar-refractivity contribution < 1.29 is 13.9 Å². The number of carbonyl (C=O) groups excluding carboxylic acids is 1. The summed E-state index contributed by atoms with van der Waals surface area (Å²) in [6, 6.07) is 19.7. The van der Waals surface area contributed by atoms with E-state index < -0.39 is 0 Å². The summed E-state index contributed by atoms with van der Waals surface area (Å²) in [6.45, 7) is 4.68. The highest BCUT2D eigenvalue weighted by Crippen LogP contribution is 2.23. The zero-order valence-electron chi connectivity index (χ0n) is 20.6. The lowest BCUT2D eigenvalue weighted by Crippen LogP contribution is -2.47. The van der Waals surface area contributed by atoms with Crippen molar-refractivity contribution in [3.8, 4) is 5.75 Å². The number of anilines is 2. The van der Waals surface area contributed by atoms with E-state index in [4.69, 9.17) is 9.72 Å². The minimum Gasteiger partial charge on any atom is -0.496 e. The summed E-state index contributed by atoms with van der Waals surface area (Å²) >= 11 is 0. The Hall–Kier alpha value is -3.91. The largest absolute Gasteiger partial charge is 0.496 e. The molecule has 1 aliphatic rings. The van der Waals surface area contributed by atoms with E-state index in [1.807, 2.05) is 49.5 Å². The van der Waals surface area contributed by atoms with Gasteiger partial charge in [-0.3, -0.25) is 9.69 Å². The van der Waals surface area contributed by atoms with Crippen LogP contribution < -0.4 is 15.0 Å². The highest BCUT2D eigenvalue weighted by molar-refractivity contribution is 6.06. The van der Waals surface area contributed by atoms with Crippen LogP contribution in [0.2, 0.25) is 0 Å². The van der Waals surface area contributed by atoms with Crippen molar-refractivity contribution in [1.29, 1.82) is 0 Å².